The number of imide groups is 1. The molecule has 0 aromatic heterocycles. The first kappa shape index (κ1) is 22.6. The van der Waals surface area contributed by atoms with Crippen LogP contribution in [0.25, 0.3) is 0 Å². The highest BCUT2D eigenvalue weighted by Gasteiger charge is 2.70. The van der Waals surface area contributed by atoms with Crippen LogP contribution in [0.2, 0.25) is 5.02 Å². The van der Waals surface area contributed by atoms with Crippen molar-refractivity contribution >= 4 is 41.0 Å². The summed E-state index contributed by atoms with van der Waals surface area (Å²) >= 11 is 6.41. The maximum atomic E-state index is 13.7. The highest BCUT2D eigenvalue weighted by atomic mass is 35.5. The summed E-state index contributed by atoms with van der Waals surface area (Å²) in [7, 11) is 0. The van der Waals surface area contributed by atoms with Crippen molar-refractivity contribution in [2.24, 2.45) is 11.8 Å². The van der Waals surface area contributed by atoms with Gasteiger partial charge >= 0.3 is 5.97 Å². The number of carbonyl (C=O) groups excluding carboxylic acids is 3. The van der Waals surface area contributed by atoms with Crippen molar-refractivity contribution in [1.82, 2.24) is 10.2 Å². The molecule has 0 radical (unpaired) electrons. The minimum atomic E-state index is -1.48. The smallest absolute Gasteiger partial charge is 0.303 e. The van der Waals surface area contributed by atoms with E-state index in [1.54, 1.807) is 12.1 Å². The summed E-state index contributed by atoms with van der Waals surface area (Å²) in [5, 5.41) is 15.6. The van der Waals surface area contributed by atoms with Crippen molar-refractivity contribution in [3.8, 4) is 0 Å². The van der Waals surface area contributed by atoms with Crippen LogP contribution in [0.4, 0.5) is 5.69 Å². The fourth-order valence-electron chi connectivity index (χ4n) is 5.69. The van der Waals surface area contributed by atoms with E-state index in [-0.39, 0.29) is 25.3 Å². The van der Waals surface area contributed by atoms with Gasteiger partial charge in [0.05, 0.1) is 22.5 Å². The molecule has 0 aliphatic carbocycles. The van der Waals surface area contributed by atoms with E-state index in [2.05, 4.69) is 10.6 Å². The summed E-state index contributed by atoms with van der Waals surface area (Å²) in [5.41, 5.74) is 1.27. The maximum Gasteiger partial charge on any atom is 0.303 e. The van der Waals surface area contributed by atoms with E-state index in [9.17, 15) is 24.3 Å². The largest absolute Gasteiger partial charge is 0.481 e. The Morgan fingerprint density at radius 1 is 1.15 bits per heavy atom. The third kappa shape index (κ3) is 3.32. The Bertz CT molecular complexity index is 1220. The second-order valence-electron chi connectivity index (χ2n) is 9.18. The zero-order valence-corrected chi connectivity index (χ0v) is 19.3. The molecule has 0 saturated carbocycles. The Morgan fingerprint density at radius 2 is 1.88 bits per heavy atom. The van der Waals surface area contributed by atoms with E-state index in [4.69, 9.17) is 11.6 Å². The Labute approximate surface area is 201 Å². The minimum Gasteiger partial charge on any atom is -0.481 e. The number of rotatable bonds is 6. The lowest BCUT2D eigenvalue weighted by Gasteiger charge is -2.29. The van der Waals surface area contributed by atoms with Crippen molar-refractivity contribution in [1.29, 1.82) is 0 Å². The van der Waals surface area contributed by atoms with Crippen LogP contribution in [0.1, 0.15) is 29.5 Å². The molecule has 2 saturated heterocycles. The van der Waals surface area contributed by atoms with Gasteiger partial charge in [-0.05, 0) is 37.0 Å². The minimum absolute atomic E-state index is 0.117. The predicted octanol–water partition coefficient (Wildman–Crippen LogP) is 2.48. The molecule has 3 aliphatic heterocycles. The monoisotopic (exact) mass is 481 g/mol. The first-order chi connectivity index (χ1) is 16.2. The van der Waals surface area contributed by atoms with Crippen molar-refractivity contribution < 1.29 is 24.3 Å². The number of amides is 3. The van der Waals surface area contributed by atoms with Crippen molar-refractivity contribution in [2.45, 2.75) is 37.8 Å². The number of halogens is 1. The highest BCUT2D eigenvalue weighted by Crippen LogP contribution is 2.54. The number of hydrogen-bond donors (Lipinski definition) is 3. The summed E-state index contributed by atoms with van der Waals surface area (Å²) in [6, 6.07) is 12.4. The summed E-state index contributed by atoms with van der Waals surface area (Å²) in [6.07, 6.45) is 0.420. The number of anilines is 1. The molecule has 176 valence electrons. The van der Waals surface area contributed by atoms with Gasteiger partial charge < -0.3 is 10.4 Å². The summed E-state index contributed by atoms with van der Waals surface area (Å²) in [4.78, 5) is 53.2. The molecule has 4 unspecified atom stereocenters. The molecule has 3 aliphatic rings. The van der Waals surface area contributed by atoms with Gasteiger partial charge in [0, 0.05) is 24.6 Å². The number of aryl methyl sites for hydroxylation is 1. The van der Waals surface area contributed by atoms with E-state index in [0.717, 1.165) is 11.1 Å². The van der Waals surface area contributed by atoms with Gasteiger partial charge in [-0.3, -0.25) is 29.4 Å². The van der Waals surface area contributed by atoms with Crippen LogP contribution >= 0.6 is 11.6 Å². The molecule has 3 amide bonds. The number of nitrogens with one attached hydrogen (secondary N) is 2. The Balaban J connectivity index is 1.55. The van der Waals surface area contributed by atoms with Crippen LogP contribution in [-0.2, 0) is 31.1 Å². The number of carboxylic acids is 1. The van der Waals surface area contributed by atoms with Gasteiger partial charge in [-0.15, -0.1) is 0 Å². The van der Waals surface area contributed by atoms with Gasteiger partial charge in [0.25, 0.3) is 0 Å². The molecular formula is C25H24ClN3O5. The molecule has 0 bridgehead atoms. The van der Waals surface area contributed by atoms with E-state index in [0.29, 0.717) is 22.7 Å². The van der Waals surface area contributed by atoms with Gasteiger partial charge in [-0.25, -0.2) is 0 Å². The van der Waals surface area contributed by atoms with Crippen LogP contribution in [0.15, 0.2) is 42.5 Å². The van der Waals surface area contributed by atoms with Gasteiger partial charge in [0.2, 0.25) is 17.7 Å². The predicted molar refractivity (Wildman–Crippen MR) is 124 cm³/mol. The van der Waals surface area contributed by atoms with Crippen molar-refractivity contribution in [2.75, 3.05) is 11.9 Å². The van der Waals surface area contributed by atoms with Gasteiger partial charge in [0.15, 0.2) is 0 Å². The second kappa shape index (κ2) is 8.21. The van der Waals surface area contributed by atoms with Gasteiger partial charge in [-0.1, -0.05) is 48.0 Å². The van der Waals surface area contributed by atoms with Crippen LogP contribution in [0.5, 0.6) is 0 Å². The van der Waals surface area contributed by atoms with Crippen LogP contribution < -0.4 is 10.6 Å². The molecule has 9 heteroatoms. The van der Waals surface area contributed by atoms with Gasteiger partial charge in [-0.2, -0.15) is 0 Å². The zero-order chi connectivity index (χ0) is 24.2. The van der Waals surface area contributed by atoms with Crippen LogP contribution in [0, 0.1) is 18.8 Å². The molecule has 1 spiro atoms. The molecule has 2 fully saturated rings. The number of fused-ring (bicyclic) bond motifs is 4. The standard InChI is InChI=1S/C25H24ClN3O5/c1-13-11-15-21(16(26)12-13)27-24(34)25(15)20-19(17(28-25)7-8-18(30)31)22(32)29(23(20)33)10-9-14-5-3-2-4-6-14/h2-6,11-12,17,19-20,28H,7-10H2,1H3,(H,27,34)(H,30,31). The first-order valence-corrected chi connectivity index (χ1v) is 11.6. The van der Waals surface area contributed by atoms with Gasteiger partial charge in [0.1, 0.15) is 5.54 Å². The van der Waals surface area contributed by atoms with Crippen LogP contribution in [0.3, 0.4) is 0 Å². The molecule has 3 N–H and O–H groups in total. The number of carbonyl (C=O) groups is 4. The lowest BCUT2D eigenvalue weighted by atomic mass is 9.76. The molecule has 34 heavy (non-hydrogen) atoms. The number of benzene rings is 2. The number of likely N-dealkylation sites (tertiary alicyclic amines) is 1. The van der Waals surface area contributed by atoms with Crippen LogP contribution in [-0.4, -0.2) is 46.3 Å². The topological polar surface area (TPSA) is 116 Å². The number of aliphatic carboxylic acids is 1. The Kier molecular flexibility index (Phi) is 5.45. The third-order valence-corrected chi connectivity index (χ3v) is 7.45. The molecule has 8 nitrogen and oxygen atoms in total. The SMILES string of the molecule is Cc1cc(Cl)c2c(c1)C1(NC(CCC(=O)O)C3C(=O)N(CCc4ccccc4)C(=O)C31)C(=O)N2. The fourth-order valence-corrected chi connectivity index (χ4v) is 6.01. The lowest BCUT2D eigenvalue weighted by molar-refractivity contribution is -0.143. The fraction of sp³-hybridized carbons (Fsp3) is 0.360. The Morgan fingerprint density at radius 3 is 2.59 bits per heavy atom. The van der Waals surface area contributed by atoms with E-state index in [1.165, 1.54) is 4.90 Å². The molecule has 3 heterocycles. The number of carboxylic acid groups (broad SMARTS) is 1. The Hall–Kier alpha value is -3.23. The quantitative estimate of drug-likeness (QED) is 0.546. The zero-order valence-electron chi connectivity index (χ0n) is 18.5. The lowest BCUT2D eigenvalue weighted by Crippen LogP contribution is -2.53. The summed E-state index contributed by atoms with van der Waals surface area (Å²) < 4.78 is 0. The normalized spacial score (nSPS) is 27.3. The first-order valence-electron chi connectivity index (χ1n) is 11.2. The van der Waals surface area contributed by atoms with E-state index < -0.39 is 41.2 Å². The van der Waals surface area contributed by atoms with E-state index >= 15 is 0 Å². The average molecular weight is 482 g/mol. The summed E-state index contributed by atoms with van der Waals surface area (Å²) in [6.45, 7) is 2.03. The number of nitrogens with zero attached hydrogens (tertiary/aromatic N) is 1. The molecule has 5 rings (SSSR count). The maximum absolute atomic E-state index is 13.7. The molecule has 2 aromatic carbocycles. The second-order valence-corrected chi connectivity index (χ2v) is 9.59. The van der Waals surface area contributed by atoms with Crippen molar-refractivity contribution in [3.05, 3.63) is 64.2 Å². The highest BCUT2D eigenvalue weighted by molar-refractivity contribution is 6.35. The molecular weight excluding hydrogens is 458 g/mol. The molecule has 2 aromatic rings. The third-order valence-electron chi connectivity index (χ3n) is 7.15. The molecule has 4 atom stereocenters. The van der Waals surface area contributed by atoms with Crippen molar-refractivity contribution in [3.63, 3.8) is 0 Å². The number of hydrogen-bond acceptors (Lipinski definition) is 5. The van der Waals surface area contributed by atoms with E-state index in [1.807, 2.05) is 37.3 Å². The summed E-state index contributed by atoms with van der Waals surface area (Å²) in [5.74, 6) is -4.06. The average Bonchev–Trinajstić information content (AvgIpc) is 3.37.